The van der Waals surface area contributed by atoms with E-state index >= 15 is 0 Å². The molecule has 0 spiro atoms. The zero-order valence-corrected chi connectivity index (χ0v) is 12.7. The average molecular weight is 295 g/mol. The zero-order valence-electron chi connectivity index (χ0n) is 12.7. The maximum Gasteiger partial charge on any atom is 0.329 e. The summed E-state index contributed by atoms with van der Waals surface area (Å²) in [4.78, 5) is 12.4. The molecule has 2 aromatic carbocycles. The third-order valence-electron chi connectivity index (χ3n) is 3.43. The van der Waals surface area contributed by atoms with Crippen molar-refractivity contribution >= 4 is 11.7 Å². The van der Waals surface area contributed by atoms with Gasteiger partial charge in [-0.1, -0.05) is 54.6 Å². The lowest BCUT2D eigenvalue weighted by Crippen LogP contribution is -2.36. The van der Waals surface area contributed by atoms with Crippen LogP contribution in [0, 0.1) is 0 Å². The molecule has 0 amide bonds. The van der Waals surface area contributed by atoms with Crippen LogP contribution in [0.5, 0.6) is 0 Å². The van der Waals surface area contributed by atoms with Crippen molar-refractivity contribution in [3.8, 4) is 0 Å². The lowest BCUT2D eigenvalue weighted by atomic mass is 9.91. The summed E-state index contributed by atoms with van der Waals surface area (Å²) in [5, 5.41) is 3.27. The van der Waals surface area contributed by atoms with Gasteiger partial charge in [0.25, 0.3) is 0 Å². The molecule has 2 atom stereocenters. The third-order valence-corrected chi connectivity index (χ3v) is 3.43. The summed E-state index contributed by atoms with van der Waals surface area (Å²) in [6.07, 6.45) is 1.78. The van der Waals surface area contributed by atoms with Crippen LogP contribution >= 0.6 is 0 Å². The van der Waals surface area contributed by atoms with Crippen LogP contribution in [0.25, 0.3) is 0 Å². The van der Waals surface area contributed by atoms with Gasteiger partial charge in [0.05, 0.1) is 6.61 Å². The van der Waals surface area contributed by atoms with E-state index in [1.807, 2.05) is 67.6 Å². The zero-order chi connectivity index (χ0) is 15.8. The van der Waals surface area contributed by atoms with E-state index in [1.54, 1.807) is 6.08 Å². The molecule has 0 saturated heterocycles. The predicted molar refractivity (Wildman–Crippen MR) is 89.9 cm³/mol. The quantitative estimate of drug-likeness (QED) is 0.620. The number of rotatable bonds is 7. The van der Waals surface area contributed by atoms with E-state index in [4.69, 9.17) is 4.74 Å². The van der Waals surface area contributed by atoms with Gasteiger partial charge >= 0.3 is 5.97 Å². The molecule has 0 aliphatic rings. The van der Waals surface area contributed by atoms with E-state index < -0.39 is 6.04 Å². The van der Waals surface area contributed by atoms with Crippen molar-refractivity contribution < 1.29 is 9.53 Å². The maximum atomic E-state index is 12.4. The molecule has 3 nitrogen and oxygen atoms in total. The van der Waals surface area contributed by atoms with E-state index in [9.17, 15) is 4.79 Å². The summed E-state index contributed by atoms with van der Waals surface area (Å²) < 4.78 is 5.23. The molecule has 2 rings (SSSR count). The average Bonchev–Trinajstić information content (AvgIpc) is 2.57. The first-order chi connectivity index (χ1) is 10.8. The molecule has 0 aliphatic heterocycles. The molecule has 0 bridgehead atoms. The van der Waals surface area contributed by atoms with Gasteiger partial charge in [-0.2, -0.15) is 0 Å². The summed E-state index contributed by atoms with van der Waals surface area (Å²) in [5.74, 6) is -0.444. The van der Waals surface area contributed by atoms with Crippen molar-refractivity contribution in [2.75, 3.05) is 11.9 Å². The van der Waals surface area contributed by atoms with Crippen LogP contribution in [0.2, 0.25) is 0 Å². The lowest BCUT2D eigenvalue weighted by molar-refractivity contribution is -0.144. The number of anilines is 1. The number of hydrogen-bond acceptors (Lipinski definition) is 3. The van der Waals surface area contributed by atoms with Gasteiger partial charge in [-0.25, -0.2) is 4.79 Å². The Kier molecular flexibility index (Phi) is 5.78. The number of carbonyl (C=O) groups excluding carboxylic acids is 1. The van der Waals surface area contributed by atoms with E-state index in [0.717, 1.165) is 11.3 Å². The first-order valence-electron chi connectivity index (χ1n) is 7.42. The molecular weight excluding hydrogens is 274 g/mol. The first-order valence-corrected chi connectivity index (χ1v) is 7.42. The number of benzene rings is 2. The Balaban J connectivity index is 2.30. The minimum absolute atomic E-state index is 0.166. The van der Waals surface area contributed by atoms with Crippen LogP contribution in [0.4, 0.5) is 5.69 Å². The standard InChI is InChI=1S/C19H21NO2/c1-3-17(15-11-7-5-8-12-15)18(19(21)22-4-2)20-16-13-9-6-10-14-16/h3,5-14,17-18,20H,1,4H2,2H3/t17-,18-/m1/s1. The van der Waals surface area contributed by atoms with Gasteiger partial charge < -0.3 is 10.1 Å². The minimum Gasteiger partial charge on any atom is -0.464 e. The molecule has 114 valence electrons. The van der Waals surface area contributed by atoms with E-state index in [1.165, 1.54) is 0 Å². The normalized spacial score (nSPS) is 13.0. The molecule has 0 saturated carbocycles. The number of hydrogen-bond donors (Lipinski definition) is 1. The number of esters is 1. The summed E-state index contributed by atoms with van der Waals surface area (Å²) >= 11 is 0. The minimum atomic E-state index is -0.512. The fourth-order valence-corrected chi connectivity index (χ4v) is 2.38. The Bertz CT molecular complexity index is 595. The Morgan fingerprint density at radius 1 is 1.14 bits per heavy atom. The van der Waals surface area contributed by atoms with Crippen molar-refractivity contribution in [2.45, 2.75) is 18.9 Å². The molecule has 2 aromatic rings. The van der Waals surface area contributed by atoms with Crippen molar-refractivity contribution in [1.82, 2.24) is 0 Å². The van der Waals surface area contributed by atoms with Crippen molar-refractivity contribution in [3.63, 3.8) is 0 Å². The molecule has 0 unspecified atom stereocenters. The molecule has 0 aromatic heterocycles. The van der Waals surface area contributed by atoms with Crippen molar-refractivity contribution in [1.29, 1.82) is 0 Å². The van der Waals surface area contributed by atoms with Crippen LogP contribution in [0.1, 0.15) is 18.4 Å². The number of nitrogens with one attached hydrogen (secondary N) is 1. The lowest BCUT2D eigenvalue weighted by Gasteiger charge is -2.25. The molecule has 1 N–H and O–H groups in total. The van der Waals surface area contributed by atoms with Crippen LogP contribution in [-0.2, 0) is 9.53 Å². The molecule has 22 heavy (non-hydrogen) atoms. The molecule has 0 heterocycles. The summed E-state index contributed by atoms with van der Waals surface area (Å²) in [6, 6.07) is 19.0. The Morgan fingerprint density at radius 2 is 1.73 bits per heavy atom. The Labute approximate surface area is 131 Å². The number of carbonyl (C=O) groups is 1. The van der Waals surface area contributed by atoms with Crippen LogP contribution in [-0.4, -0.2) is 18.6 Å². The van der Waals surface area contributed by atoms with E-state index in [2.05, 4.69) is 11.9 Å². The van der Waals surface area contributed by atoms with E-state index in [-0.39, 0.29) is 11.9 Å². The van der Waals surface area contributed by atoms with Crippen LogP contribution in [0.3, 0.4) is 0 Å². The largest absolute Gasteiger partial charge is 0.464 e. The van der Waals surface area contributed by atoms with Crippen molar-refractivity contribution in [3.05, 3.63) is 78.9 Å². The summed E-state index contributed by atoms with van der Waals surface area (Å²) in [5.41, 5.74) is 1.90. The number of ether oxygens (including phenoxy) is 1. The van der Waals surface area contributed by atoms with Gasteiger partial charge in [-0.05, 0) is 24.6 Å². The van der Waals surface area contributed by atoms with Gasteiger partial charge in [0, 0.05) is 11.6 Å². The summed E-state index contributed by atoms with van der Waals surface area (Å²) in [6.45, 7) is 6.05. The molecule has 0 radical (unpaired) electrons. The molecule has 0 fully saturated rings. The van der Waals surface area contributed by atoms with E-state index in [0.29, 0.717) is 6.61 Å². The van der Waals surface area contributed by atoms with Crippen LogP contribution in [0.15, 0.2) is 73.3 Å². The highest BCUT2D eigenvalue weighted by atomic mass is 16.5. The third kappa shape index (κ3) is 3.98. The Hall–Kier alpha value is -2.55. The topological polar surface area (TPSA) is 38.3 Å². The maximum absolute atomic E-state index is 12.4. The highest BCUT2D eigenvalue weighted by Gasteiger charge is 2.28. The fraction of sp³-hybridized carbons (Fsp3) is 0.211. The van der Waals surface area contributed by atoms with Crippen LogP contribution < -0.4 is 5.32 Å². The number of para-hydroxylation sites is 1. The monoisotopic (exact) mass is 295 g/mol. The Morgan fingerprint density at radius 3 is 2.27 bits per heavy atom. The van der Waals surface area contributed by atoms with Gasteiger partial charge in [0.15, 0.2) is 0 Å². The molecule has 3 heteroatoms. The predicted octanol–water partition coefficient (Wildman–Crippen LogP) is 4.00. The SMILES string of the molecule is C=C[C@H](c1ccccc1)[C@@H](Nc1ccccc1)C(=O)OCC. The van der Waals surface area contributed by atoms with Gasteiger partial charge in [-0.15, -0.1) is 6.58 Å². The second kappa shape index (κ2) is 8.03. The second-order valence-electron chi connectivity index (χ2n) is 4.91. The highest BCUT2D eigenvalue weighted by molar-refractivity contribution is 5.81. The fourth-order valence-electron chi connectivity index (χ4n) is 2.38. The second-order valence-corrected chi connectivity index (χ2v) is 4.91. The molecular formula is C19H21NO2. The van der Waals surface area contributed by atoms with Gasteiger partial charge in [-0.3, -0.25) is 0 Å². The highest BCUT2D eigenvalue weighted by Crippen LogP contribution is 2.25. The molecule has 0 aliphatic carbocycles. The smallest absolute Gasteiger partial charge is 0.329 e. The van der Waals surface area contributed by atoms with Gasteiger partial charge in [0.1, 0.15) is 6.04 Å². The van der Waals surface area contributed by atoms with Gasteiger partial charge in [0.2, 0.25) is 0 Å². The first kappa shape index (κ1) is 15.8. The van der Waals surface area contributed by atoms with Crippen molar-refractivity contribution in [2.24, 2.45) is 0 Å². The summed E-state index contributed by atoms with van der Waals surface area (Å²) in [7, 11) is 0.